The van der Waals surface area contributed by atoms with Crippen LogP contribution in [0.15, 0.2) is 41.2 Å². The van der Waals surface area contributed by atoms with Crippen LogP contribution in [-0.4, -0.2) is 33.6 Å². The van der Waals surface area contributed by atoms with Gasteiger partial charge in [-0.2, -0.15) is 0 Å². The summed E-state index contributed by atoms with van der Waals surface area (Å²) in [5.74, 6) is 0.750. The molecule has 1 N–H and O–H groups in total. The zero-order valence-corrected chi connectivity index (χ0v) is 12.2. The molecular formula is C15H16N4O3. The Labute approximate surface area is 126 Å². The molecule has 0 spiro atoms. The van der Waals surface area contributed by atoms with Crippen LogP contribution in [0.3, 0.4) is 0 Å². The predicted molar refractivity (Wildman–Crippen MR) is 78.6 cm³/mol. The van der Waals surface area contributed by atoms with Crippen LogP contribution in [0.5, 0.6) is 5.88 Å². The molecular weight excluding hydrogens is 284 g/mol. The van der Waals surface area contributed by atoms with Crippen LogP contribution in [0.2, 0.25) is 0 Å². The van der Waals surface area contributed by atoms with Gasteiger partial charge in [0.05, 0.1) is 5.69 Å². The minimum atomic E-state index is -0.204. The minimum absolute atomic E-state index is 0.0862. The van der Waals surface area contributed by atoms with Crippen molar-refractivity contribution in [1.82, 2.24) is 19.9 Å². The predicted octanol–water partition coefficient (Wildman–Crippen LogP) is 1.37. The Kier molecular flexibility index (Phi) is 4.04. The van der Waals surface area contributed by atoms with Crippen molar-refractivity contribution in [3.63, 3.8) is 0 Å². The molecule has 0 bridgehead atoms. The maximum atomic E-state index is 11.7. The molecule has 0 aromatic carbocycles. The first-order chi connectivity index (χ1) is 10.7. The van der Waals surface area contributed by atoms with Gasteiger partial charge in [0.2, 0.25) is 0 Å². The third-order valence-electron chi connectivity index (χ3n) is 3.07. The number of amides is 1. The normalized spacial score (nSPS) is 10.8. The SMILES string of the molecule is Cc1cc(OCC(=O)NCCc2cn3ccccc3n2)no1. The molecule has 7 nitrogen and oxygen atoms in total. The third-order valence-corrected chi connectivity index (χ3v) is 3.07. The Morgan fingerprint density at radius 2 is 2.36 bits per heavy atom. The summed E-state index contributed by atoms with van der Waals surface area (Å²) < 4.78 is 12.0. The monoisotopic (exact) mass is 300 g/mol. The maximum absolute atomic E-state index is 11.7. The summed E-state index contributed by atoms with van der Waals surface area (Å²) in [6, 6.07) is 7.46. The number of aryl methyl sites for hydroxylation is 1. The van der Waals surface area contributed by atoms with E-state index in [-0.39, 0.29) is 12.5 Å². The molecule has 7 heteroatoms. The van der Waals surface area contributed by atoms with E-state index in [1.807, 2.05) is 35.0 Å². The van der Waals surface area contributed by atoms with Gasteiger partial charge in [-0.1, -0.05) is 6.07 Å². The summed E-state index contributed by atoms with van der Waals surface area (Å²) in [5.41, 5.74) is 1.83. The highest BCUT2D eigenvalue weighted by atomic mass is 16.5. The highest BCUT2D eigenvalue weighted by Gasteiger charge is 2.06. The van der Waals surface area contributed by atoms with Crippen molar-refractivity contribution in [3.8, 4) is 5.88 Å². The fraction of sp³-hybridized carbons (Fsp3) is 0.267. The lowest BCUT2D eigenvalue weighted by molar-refractivity contribution is -0.123. The topological polar surface area (TPSA) is 81.7 Å². The van der Waals surface area contributed by atoms with E-state index in [1.165, 1.54) is 0 Å². The second-order valence-electron chi connectivity index (χ2n) is 4.86. The Morgan fingerprint density at radius 3 is 3.14 bits per heavy atom. The number of hydrogen-bond acceptors (Lipinski definition) is 5. The first kappa shape index (κ1) is 14.1. The molecule has 3 rings (SSSR count). The van der Waals surface area contributed by atoms with E-state index >= 15 is 0 Å². The van der Waals surface area contributed by atoms with Gasteiger partial charge < -0.3 is 19.0 Å². The zero-order chi connectivity index (χ0) is 15.4. The summed E-state index contributed by atoms with van der Waals surface area (Å²) in [6.07, 6.45) is 4.56. The van der Waals surface area contributed by atoms with Gasteiger partial charge in [0.15, 0.2) is 6.61 Å². The number of nitrogens with zero attached hydrogens (tertiary/aromatic N) is 3. The van der Waals surface area contributed by atoms with Crippen LogP contribution in [0.25, 0.3) is 5.65 Å². The van der Waals surface area contributed by atoms with E-state index in [1.54, 1.807) is 13.0 Å². The maximum Gasteiger partial charge on any atom is 0.258 e. The first-order valence-corrected chi connectivity index (χ1v) is 6.96. The van der Waals surface area contributed by atoms with Crippen LogP contribution in [0.4, 0.5) is 0 Å². The van der Waals surface area contributed by atoms with Gasteiger partial charge in [-0.15, -0.1) is 0 Å². The molecule has 22 heavy (non-hydrogen) atoms. The number of ether oxygens (including phenoxy) is 1. The quantitative estimate of drug-likeness (QED) is 0.743. The molecule has 1 amide bonds. The Hall–Kier alpha value is -2.83. The Bertz CT molecular complexity index is 745. The lowest BCUT2D eigenvalue weighted by Gasteiger charge is -2.04. The molecule has 3 aromatic rings. The van der Waals surface area contributed by atoms with Crippen molar-refractivity contribution in [2.45, 2.75) is 13.3 Å². The third kappa shape index (κ3) is 3.43. The van der Waals surface area contributed by atoms with Crippen LogP contribution in [-0.2, 0) is 11.2 Å². The zero-order valence-electron chi connectivity index (χ0n) is 12.2. The van der Waals surface area contributed by atoms with E-state index in [0.717, 1.165) is 11.3 Å². The Morgan fingerprint density at radius 1 is 1.45 bits per heavy atom. The number of hydrogen-bond donors (Lipinski definition) is 1. The number of rotatable bonds is 6. The number of nitrogens with one attached hydrogen (secondary N) is 1. The number of carbonyl (C=O) groups excluding carboxylic acids is 1. The van der Waals surface area contributed by atoms with E-state index in [9.17, 15) is 4.79 Å². The molecule has 0 radical (unpaired) electrons. The standard InChI is InChI=1S/C15H16N4O3/c1-11-8-15(18-22-11)21-10-14(20)16-6-5-12-9-19-7-3-2-4-13(19)17-12/h2-4,7-9H,5-6,10H2,1H3,(H,16,20). The van der Waals surface area contributed by atoms with Gasteiger partial charge in [-0.3, -0.25) is 4.79 Å². The summed E-state index contributed by atoms with van der Waals surface area (Å²) in [5, 5.41) is 6.43. The van der Waals surface area contributed by atoms with E-state index in [2.05, 4.69) is 15.5 Å². The molecule has 0 aliphatic carbocycles. The number of imidazole rings is 1. The molecule has 0 aliphatic rings. The molecule has 0 unspecified atom stereocenters. The molecule has 0 saturated carbocycles. The number of carbonyl (C=O) groups is 1. The summed E-state index contributed by atoms with van der Waals surface area (Å²) in [7, 11) is 0. The van der Waals surface area contributed by atoms with E-state index in [0.29, 0.717) is 24.6 Å². The largest absolute Gasteiger partial charge is 0.465 e. The fourth-order valence-corrected chi connectivity index (χ4v) is 2.04. The highest BCUT2D eigenvalue weighted by molar-refractivity contribution is 5.77. The minimum Gasteiger partial charge on any atom is -0.465 e. The second kappa shape index (κ2) is 6.30. The number of fused-ring (bicyclic) bond motifs is 1. The van der Waals surface area contributed by atoms with E-state index < -0.39 is 0 Å². The lowest BCUT2D eigenvalue weighted by Crippen LogP contribution is -2.30. The molecule has 3 heterocycles. The van der Waals surface area contributed by atoms with Gasteiger partial charge in [0.1, 0.15) is 11.4 Å². The van der Waals surface area contributed by atoms with Gasteiger partial charge in [0.25, 0.3) is 11.8 Å². The Balaban J connectivity index is 1.43. The van der Waals surface area contributed by atoms with Crippen LogP contribution in [0.1, 0.15) is 11.5 Å². The first-order valence-electron chi connectivity index (χ1n) is 6.96. The van der Waals surface area contributed by atoms with Gasteiger partial charge >= 0.3 is 0 Å². The molecule has 0 atom stereocenters. The second-order valence-corrected chi connectivity index (χ2v) is 4.86. The average molecular weight is 300 g/mol. The number of pyridine rings is 1. The molecule has 0 saturated heterocycles. The van der Waals surface area contributed by atoms with E-state index in [4.69, 9.17) is 9.26 Å². The van der Waals surface area contributed by atoms with Crippen LogP contribution in [0, 0.1) is 6.92 Å². The molecule has 0 aliphatic heterocycles. The van der Waals surface area contributed by atoms with Crippen molar-refractivity contribution in [1.29, 1.82) is 0 Å². The molecule has 0 fully saturated rings. The van der Waals surface area contributed by atoms with Gasteiger partial charge in [-0.05, 0) is 24.2 Å². The van der Waals surface area contributed by atoms with Gasteiger partial charge in [-0.25, -0.2) is 4.98 Å². The summed E-state index contributed by atoms with van der Waals surface area (Å²) in [4.78, 5) is 16.1. The van der Waals surface area contributed by atoms with Gasteiger partial charge in [0, 0.05) is 31.4 Å². The molecule has 3 aromatic heterocycles. The van der Waals surface area contributed by atoms with Crippen LogP contribution >= 0.6 is 0 Å². The average Bonchev–Trinajstić information content (AvgIpc) is 3.10. The highest BCUT2D eigenvalue weighted by Crippen LogP contribution is 2.09. The summed E-state index contributed by atoms with van der Waals surface area (Å²) in [6.45, 7) is 2.18. The number of aromatic nitrogens is 3. The van der Waals surface area contributed by atoms with Crippen LogP contribution < -0.4 is 10.1 Å². The van der Waals surface area contributed by atoms with Crippen molar-refractivity contribution in [2.24, 2.45) is 0 Å². The smallest absolute Gasteiger partial charge is 0.258 e. The lowest BCUT2D eigenvalue weighted by atomic mass is 10.3. The van der Waals surface area contributed by atoms with Crippen molar-refractivity contribution in [2.75, 3.05) is 13.2 Å². The van der Waals surface area contributed by atoms with Crippen molar-refractivity contribution in [3.05, 3.63) is 48.1 Å². The van der Waals surface area contributed by atoms with Crippen molar-refractivity contribution < 1.29 is 14.1 Å². The molecule has 114 valence electrons. The van der Waals surface area contributed by atoms with Crippen molar-refractivity contribution >= 4 is 11.6 Å². The summed E-state index contributed by atoms with van der Waals surface area (Å²) >= 11 is 0. The fourth-order valence-electron chi connectivity index (χ4n) is 2.04.